The van der Waals surface area contributed by atoms with E-state index in [0.717, 1.165) is 16.8 Å². The highest BCUT2D eigenvalue weighted by Gasteiger charge is 2.34. The van der Waals surface area contributed by atoms with Crippen molar-refractivity contribution < 1.29 is 14.3 Å². The summed E-state index contributed by atoms with van der Waals surface area (Å²) in [7, 11) is 1.57. The molecule has 5 nitrogen and oxygen atoms in total. The van der Waals surface area contributed by atoms with E-state index in [1.807, 2.05) is 35.2 Å². The van der Waals surface area contributed by atoms with Gasteiger partial charge in [-0.25, -0.2) is 0 Å². The van der Waals surface area contributed by atoms with Gasteiger partial charge in [-0.2, -0.15) is 0 Å². The van der Waals surface area contributed by atoms with Crippen molar-refractivity contribution >= 4 is 35.0 Å². The topological polar surface area (TPSA) is 58.6 Å². The third kappa shape index (κ3) is 4.44. The molecule has 1 aliphatic heterocycles. The largest absolute Gasteiger partial charge is 0.497 e. The van der Waals surface area contributed by atoms with E-state index in [9.17, 15) is 9.59 Å². The van der Waals surface area contributed by atoms with Gasteiger partial charge < -0.3 is 10.1 Å². The van der Waals surface area contributed by atoms with E-state index in [0.29, 0.717) is 22.8 Å². The molecule has 31 heavy (non-hydrogen) atoms. The predicted octanol–water partition coefficient (Wildman–Crippen LogP) is 5.34. The van der Waals surface area contributed by atoms with Crippen molar-refractivity contribution in [2.24, 2.45) is 0 Å². The Bertz CT molecular complexity index is 1130. The molecule has 2 amide bonds. The fourth-order valence-corrected chi connectivity index (χ4v) is 4.70. The molecule has 3 aromatic rings. The molecule has 1 aliphatic rings. The Morgan fingerprint density at radius 3 is 2.52 bits per heavy atom. The number of amides is 2. The molecule has 3 aromatic carbocycles. The van der Waals surface area contributed by atoms with Gasteiger partial charge in [0.05, 0.1) is 12.9 Å². The van der Waals surface area contributed by atoms with Crippen LogP contribution >= 0.6 is 11.8 Å². The molecule has 4 rings (SSSR count). The number of hydrogen-bond donors (Lipinski definition) is 1. The normalized spacial score (nSPS) is 15.8. The Labute approximate surface area is 186 Å². The van der Waals surface area contributed by atoms with Gasteiger partial charge in [0.25, 0.3) is 5.91 Å². The van der Waals surface area contributed by atoms with E-state index in [1.165, 1.54) is 5.56 Å². The molecular formula is C25H24N2O3S. The summed E-state index contributed by atoms with van der Waals surface area (Å²) >= 11 is 1.61. The van der Waals surface area contributed by atoms with Crippen LogP contribution in [0.3, 0.4) is 0 Å². The van der Waals surface area contributed by atoms with E-state index >= 15 is 0 Å². The SMILES string of the molecule is COc1cccc(C(=O)Nc2ccc([C@H]3SCC(=O)N3c3ccc(C)c(C)c3)cc2)c1. The molecule has 1 atom stereocenters. The van der Waals surface area contributed by atoms with Crippen LogP contribution < -0.4 is 15.0 Å². The third-order valence-corrected chi connectivity index (χ3v) is 6.63. The zero-order chi connectivity index (χ0) is 22.0. The summed E-state index contributed by atoms with van der Waals surface area (Å²) in [5.74, 6) is 0.992. The monoisotopic (exact) mass is 432 g/mol. The molecule has 1 fully saturated rings. The second-order valence-electron chi connectivity index (χ2n) is 7.50. The summed E-state index contributed by atoms with van der Waals surface area (Å²) in [6.07, 6.45) is 0. The number of nitrogens with zero attached hydrogens (tertiary/aromatic N) is 1. The third-order valence-electron chi connectivity index (χ3n) is 5.42. The molecule has 0 spiro atoms. The fourth-order valence-electron chi connectivity index (χ4n) is 3.52. The number of aryl methyl sites for hydroxylation is 2. The first kappa shape index (κ1) is 21.0. The van der Waals surface area contributed by atoms with E-state index < -0.39 is 0 Å². The van der Waals surface area contributed by atoms with Crippen molar-refractivity contribution in [2.45, 2.75) is 19.2 Å². The van der Waals surface area contributed by atoms with Crippen molar-refractivity contribution in [3.63, 3.8) is 0 Å². The number of benzene rings is 3. The van der Waals surface area contributed by atoms with Crippen molar-refractivity contribution in [1.82, 2.24) is 0 Å². The lowest BCUT2D eigenvalue weighted by atomic mass is 10.1. The second kappa shape index (κ2) is 8.86. The lowest BCUT2D eigenvalue weighted by molar-refractivity contribution is -0.115. The van der Waals surface area contributed by atoms with E-state index in [-0.39, 0.29) is 17.2 Å². The molecule has 1 heterocycles. The number of hydrogen-bond acceptors (Lipinski definition) is 4. The summed E-state index contributed by atoms with van der Waals surface area (Å²) < 4.78 is 5.18. The van der Waals surface area contributed by atoms with Gasteiger partial charge in [0, 0.05) is 16.9 Å². The molecule has 0 unspecified atom stereocenters. The number of methoxy groups -OCH3 is 1. The van der Waals surface area contributed by atoms with Crippen LogP contribution in [0.25, 0.3) is 0 Å². The first-order valence-corrected chi connectivity index (χ1v) is 11.1. The van der Waals surface area contributed by atoms with Crippen LogP contribution in [0.15, 0.2) is 66.7 Å². The quantitative estimate of drug-likeness (QED) is 0.591. The number of carbonyl (C=O) groups is 2. The van der Waals surface area contributed by atoms with Crippen LogP contribution in [0, 0.1) is 13.8 Å². The lowest BCUT2D eigenvalue weighted by Crippen LogP contribution is -2.27. The molecule has 1 saturated heterocycles. The maximum absolute atomic E-state index is 12.6. The predicted molar refractivity (Wildman–Crippen MR) is 126 cm³/mol. The number of nitrogens with one attached hydrogen (secondary N) is 1. The van der Waals surface area contributed by atoms with Gasteiger partial charge in [0.1, 0.15) is 11.1 Å². The van der Waals surface area contributed by atoms with Gasteiger partial charge >= 0.3 is 0 Å². The molecular weight excluding hydrogens is 408 g/mol. The van der Waals surface area contributed by atoms with E-state index in [2.05, 4.69) is 31.3 Å². The Balaban J connectivity index is 1.52. The number of anilines is 2. The minimum absolute atomic E-state index is 0.0854. The molecule has 0 radical (unpaired) electrons. The maximum Gasteiger partial charge on any atom is 0.255 e. The number of rotatable bonds is 5. The molecule has 0 bridgehead atoms. The van der Waals surface area contributed by atoms with Gasteiger partial charge in [-0.3, -0.25) is 14.5 Å². The van der Waals surface area contributed by atoms with Crippen molar-refractivity contribution in [1.29, 1.82) is 0 Å². The van der Waals surface area contributed by atoms with Gasteiger partial charge in [0.15, 0.2) is 0 Å². The maximum atomic E-state index is 12.6. The van der Waals surface area contributed by atoms with Crippen LogP contribution in [-0.2, 0) is 4.79 Å². The van der Waals surface area contributed by atoms with Crippen LogP contribution in [0.5, 0.6) is 5.75 Å². The average Bonchev–Trinajstić information content (AvgIpc) is 3.17. The van der Waals surface area contributed by atoms with Gasteiger partial charge in [-0.1, -0.05) is 24.3 Å². The highest BCUT2D eigenvalue weighted by Crippen LogP contribution is 2.42. The molecule has 6 heteroatoms. The molecule has 0 aliphatic carbocycles. The van der Waals surface area contributed by atoms with Crippen LogP contribution in [0.1, 0.15) is 32.4 Å². The molecule has 158 valence electrons. The minimum atomic E-state index is -0.200. The van der Waals surface area contributed by atoms with Crippen LogP contribution in [-0.4, -0.2) is 24.7 Å². The molecule has 0 aromatic heterocycles. The van der Waals surface area contributed by atoms with Crippen molar-refractivity contribution in [3.05, 3.63) is 89.0 Å². The van der Waals surface area contributed by atoms with Crippen LogP contribution in [0.2, 0.25) is 0 Å². The summed E-state index contributed by atoms with van der Waals surface area (Å²) in [4.78, 5) is 27.0. The number of ether oxygens (including phenoxy) is 1. The summed E-state index contributed by atoms with van der Waals surface area (Å²) in [6, 6.07) is 20.8. The highest BCUT2D eigenvalue weighted by molar-refractivity contribution is 8.00. The minimum Gasteiger partial charge on any atom is -0.497 e. The van der Waals surface area contributed by atoms with Crippen molar-refractivity contribution in [2.75, 3.05) is 23.1 Å². The Morgan fingerprint density at radius 1 is 1.03 bits per heavy atom. The Hall–Kier alpha value is -3.25. The van der Waals surface area contributed by atoms with E-state index in [4.69, 9.17) is 4.74 Å². The highest BCUT2D eigenvalue weighted by atomic mass is 32.2. The summed E-state index contributed by atoms with van der Waals surface area (Å²) in [5, 5.41) is 2.83. The van der Waals surface area contributed by atoms with Gasteiger partial charge in [-0.05, 0) is 73.0 Å². The molecule has 0 saturated carbocycles. The second-order valence-corrected chi connectivity index (χ2v) is 8.57. The van der Waals surface area contributed by atoms with E-state index in [1.54, 1.807) is 43.1 Å². The standard InChI is InChI=1S/C25H24N2O3S/c1-16-7-12-21(13-17(16)2)27-23(28)15-31-25(27)18-8-10-20(11-9-18)26-24(29)19-5-4-6-22(14-19)30-3/h4-14,25H,15H2,1-3H3,(H,26,29)/t25-/m1/s1. The molecule has 1 N–H and O–H groups in total. The number of thioether (sulfide) groups is 1. The smallest absolute Gasteiger partial charge is 0.255 e. The van der Waals surface area contributed by atoms with Crippen molar-refractivity contribution in [3.8, 4) is 5.75 Å². The number of carbonyl (C=O) groups excluding carboxylic acids is 2. The summed E-state index contributed by atoms with van der Waals surface area (Å²) in [5.41, 5.74) is 5.53. The van der Waals surface area contributed by atoms with Crippen LogP contribution in [0.4, 0.5) is 11.4 Å². The first-order valence-electron chi connectivity index (χ1n) is 10.0. The van der Waals surface area contributed by atoms with Gasteiger partial charge in [0.2, 0.25) is 5.91 Å². The Kier molecular flexibility index (Phi) is 6.00. The lowest BCUT2D eigenvalue weighted by Gasteiger charge is -2.25. The van der Waals surface area contributed by atoms with Gasteiger partial charge in [-0.15, -0.1) is 11.8 Å². The first-order chi connectivity index (χ1) is 15.0. The zero-order valence-corrected chi connectivity index (χ0v) is 18.5. The Morgan fingerprint density at radius 2 is 1.81 bits per heavy atom. The zero-order valence-electron chi connectivity index (χ0n) is 17.7. The average molecular weight is 433 g/mol. The summed E-state index contributed by atoms with van der Waals surface area (Å²) in [6.45, 7) is 4.12. The fraction of sp³-hybridized carbons (Fsp3) is 0.200.